The van der Waals surface area contributed by atoms with Crippen LogP contribution in [0.3, 0.4) is 0 Å². The van der Waals surface area contributed by atoms with E-state index in [2.05, 4.69) is 9.72 Å². The van der Waals surface area contributed by atoms with E-state index in [1.165, 1.54) is 6.92 Å². The van der Waals surface area contributed by atoms with Crippen molar-refractivity contribution in [2.24, 2.45) is 0 Å². The predicted octanol–water partition coefficient (Wildman–Crippen LogP) is 1.60. The Balaban J connectivity index is 3.05. The summed E-state index contributed by atoms with van der Waals surface area (Å²) < 4.78 is 43.6. The number of rotatable bonds is 4. The Kier molecular flexibility index (Phi) is 3.82. The molecular formula is C10H8F3NO3. The van der Waals surface area contributed by atoms with E-state index < -0.39 is 29.1 Å². The molecule has 0 atom stereocenters. The van der Waals surface area contributed by atoms with Crippen molar-refractivity contribution in [3.63, 3.8) is 0 Å². The second-order valence-corrected chi connectivity index (χ2v) is 2.98. The van der Waals surface area contributed by atoms with Crippen LogP contribution >= 0.6 is 0 Å². The third-order valence-electron chi connectivity index (χ3n) is 1.83. The molecule has 0 aliphatic carbocycles. The monoisotopic (exact) mass is 247 g/mol. The van der Waals surface area contributed by atoms with Crippen LogP contribution in [0.1, 0.15) is 17.3 Å². The molecule has 1 heterocycles. The molecular weight excluding hydrogens is 239 g/mol. The van der Waals surface area contributed by atoms with Crippen molar-refractivity contribution in [1.29, 1.82) is 0 Å². The first-order valence-electron chi connectivity index (χ1n) is 4.60. The van der Waals surface area contributed by atoms with Crippen LogP contribution in [0.5, 0.6) is 0 Å². The molecule has 0 saturated carbocycles. The van der Waals surface area contributed by atoms with Gasteiger partial charge >= 0.3 is 11.9 Å². The molecule has 0 unspecified atom stereocenters. The fourth-order valence-electron chi connectivity index (χ4n) is 1.04. The second kappa shape index (κ2) is 4.94. The van der Waals surface area contributed by atoms with Gasteiger partial charge < -0.3 is 4.74 Å². The molecule has 0 aromatic carbocycles. The summed E-state index contributed by atoms with van der Waals surface area (Å²) in [5.41, 5.74) is -0.905. The minimum atomic E-state index is -4.40. The third-order valence-corrected chi connectivity index (χ3v) is 1.83. The maximum atomic E-state index is 13.3. The number of Topliss-reactive ketones (excluding diaryl/α,β-unsaturated/α-hetero) is 1. The van der Waals surface area contributed by atoms with Crippen molar-refractivity contribution in [3.8, 4) is 0 Å². The molecule has 17 heavy (non-hydrogen) atoms. The summed E-state index contributed by atoms with van der Waals surface area (Å²) in [6.45, 7) is 1.01. The molecule has 7 heteroatoms. The molecule has 1 aromatic rings. The Morgan fingerprint density at radius 2 is 2.12 bits per heavy atom. The lowest BCUT2D eigenvalue weighted by molar-refractivity contribution is -0.164. The van der Waals surface area contributed by atoms with Crippen LogP contribution in [0.4, 0.5) is 13.2 Å². The van der Waals surface area contributed by atoms with Crippen LogP contribution in [-0.4, -0.2) is 29.3 Å². The van der Waals surface area contributed by atoms with Crippen LogP contribution in [0, 0.1) is 5.82 Å². The fraction of sp³-hybridized carbons (Fsp3) is 0.300. The van der Waals surface area contributed by atoms with Gasteiger partial charge in [-0.1, -0.05) is 0 Å². The van der Waals surface area contributed by atoms with E-state index in [-0.39, 0.29) is 6.61 Å². The first kappa shape index (κ1) is 13.1. The summed E-state index contributed by atoms with van der Waals surface area (Å²) >= 11 is 0. The standard InChI is InChI=1S/C10H8F3NO3/c1-2-17-9(16)10(12,13)8(15)6-3-4-14-5-7(6)11/h3-5H,2H2,1H3. The summed E-state index contributed by atoms with van der Waals surface area (Å²) in [6, 6.07) is 0.769. The van der Waals surface area contributed by atoms with Gasteiger partial charge in [-0.25, -0.2) is 9.18 Å². The molecule has 1 aromatic heterocycles. The van der Waals surface area contributed by atoms with Crippen LogP contribution in [0.25, 0.3) is 0 Å². The Hall–Kier alpha value is -1.92. The summed E-state index contributed by atoms with van der Waals surface area (Å²) in [4.78, 5) is 25.4. The number of halogens is 3. The van der Waals surface area contributed by atoms with Crippen molar-refractivity contribution >= 4 is 11.8 Å². The largest absolute Gasteiger partial charge is 0.461 e. The highest BCUT2D eigenvalue weighted by atomic mass is 19.3. The Labute approximate surface area is 94.4 Å². The van der Waals surface area contributed by atoms with Crippen LogP contribution < -0.4 is 0 Å². The van der Waals surface area contributed by atoms with Gasteiger partial charge in [0, 0.05) is 6.20 Å². The minimum Gasteiger partial charge on any atom is -0.461 e. The number of hydrogen-bond donors (Lipinski definition) is 0. The average Bonchev–Trinajstić information content (AvgIpc) is 2.29. The van der Waals surface area contributed by atoms with E-state index in [0.29, 0.717) is 6.20 Å². The molecule has 0 saturated heterocycles. The van der Waals surface area contributed by atoms with E-state index in [4.69, 9.17) is 0 Å². The molecule has 0 spiro atoms. The van der Waals surface area contributed by atoms with Crippen LogP contribution in [0.15, 0.2) is 18.5 Å². The number of nitrogens with zero attached hydrogens (tertiary/aromatic N) is 1. The highest BCUT2D eigenvalue weighted by Gasteiger charge is 2.50. The van der Waals surface area contributed by atoms with E-state index in [1.54, 1.807) is 0 Å². The minimum absolute atomic E-state index is 0.305. The van der Waals surface area contributed by atoms with Gasteiger partial charge in [-0.3, -0.25) is 9.78 Å². The topological polar surface area (TPSA) is 56.3 Å². The van der Waals surface area contributed by atoms with E-state index in [1.807, 2.05) is 0 Å². The zero-order chi connectivity index (χ0) is 13.1. The number of alkyl halides is 2. The molecule has 0 bridgehead atoms. The van der Waals surface area contributed by atoms with Crippen molar-refractivity contribution in [2.75, 3.05) is 6.61 Å². The zero-order valence-electron chi connectivity index (χ0n) is 8.75. The summed E-state index contributed by atoms with van der Waals surface area (Å²) in [6.07, 6.45) is 1.58. The molecule has 0 amide bonds. The van der Waals surface area contributed by atoms with E-state index >= 15 is 0 Å². The molecule has 0 N–H and O–H groups in total. The summed E-state index contributed by atoms with van der Waals surface area (Å²) in [5, 5.41) is 0. The number of pyridine rings is 1. The lowest BCUT2D eigenvalue weighted by atomic mass is 10.1. The normalized spacial score (nSPS) is 11.1. The molecule has 0 aliphatic heterocycles. The van der Waals surface area contributed by atoms with Gasteiger partial charge in [0.2, 0.25) is 5.78 Å². The maximum absolute atomic E-state index is 13.3. The van der Waals surface area contributed by atoms with Gasteiger partial charge in [0.1, 0.15) is 0 Å². The number of ketones is 1. The number of aromatic nitrogens is 1. The summed E-state index contributed by atoms with van der Waals surface area (Å²) in [5.74, 6) is -9.57. The highest BCUT2D eigenvalue weighted by Crippen LogP contribution is 2.23. The van der Waals surface area contributed by atoms with E-state index in [9.17, 15) is 22.8 Å². The Bertz CT molecular complexity index is 448. The van der Waals surface area contributed by atoms with Crippen LogP contribution in [0.2, 0.25) is 0 Å². The molecule has 4 nitrogen and oxygen atoms in total. The molecule has 92 valence electrons. The van der Waals surface area contributed by atoms with Crippen molar-refractivity contribution in [3.05, 3.63) is 29.8 Å². The number of carbonyl (C=O) groups is 2. The smallest absolute Gasteiger partial charge is 0.404 e. The molecule has 1 rings (SSSR count). The second-order valence-electron chi connectivity index (χ2n) is 2.98. The third kappa shape index (κ3) is 2.61. The van der Waals surface area contributed by atoms with Crippen molar-refractivity contribution < 1.29 is 27.5 Å². The molecule has 0 radical (unpaired) electrons. The quantitative estimate of drug-likeness (QED) is 0.460. The van der Waals surface area contributed by atoms with Gasteiger partial charge in [0.15, 0.2) is 5.82 Å². The lowest BCUT2D eigenvalue weighted by Gasteiger charge is -2.13. The van der Waals surface area contributed by atoms with Gasteiger partial charge in [-0.2, -0.15) is 8.78 Å². The zero-order valence-corrected chi connectivity index (χ0v) is 8.75. The van der Waals surface area contributed by atoms with Crippen molar-refractivity contribution in [2.45, 2.75) is 12.8 Å². The maximum Gasteiger partial charge on any atom is 0.404 e. The first-order chi connectivity index (χ1) is 7.91. The first-order valence-corrected chi connectivity index (χ1v) is 4.60. The van der Waals surface area contributed by atoms with Crippen molar-refractivity contribution in [1.82, 2.24) is 4.98 Å². The van der Waals surface area contributed by atoms with Crippen LogP contribution in [-0.2, 0) is 9.53 Å². The Morgan fingerprint density at radius 3 is 2.65 bits per heavy atom. The molecule has 0 fully saturated rings. The summed E-state index contributed by atoms with van der Waals surface area (Å²) in [7, 11) is 0. The average molecular weight is 247 g/mol. The van der Waals surface area contributed by atoms with Gasteiger partial charge in [-0.15, -0.1) is 0 Å². The number of carbonyl (C=O) groups excluding carboxylic acids is 2. The number of esters is 1. The van der Waals surface area contributed by atoms with Gasteiger partial charge in [0.25, 0.3) is 0 Å². The lowest BCUT2D eigenvalue weighted by Crippen LogP contribution is -2.39. The van der Waals surface area contributed by atoms with Gasteiger partial charge in [0.05, 0.1) is 18.4 Å². The molecule has 0 aliphatic rings. The number of ether oxygens (including phenoxy) is 1. The number of hydrogen-bond acceptors (Lipinski definition) is 4. The predicted molar refractivity (Wildman–Crippen MR) is 50.1 cm³/mol. The fourth-order valence-corrected chi connectivity index (χ4v) is 1.04. The SMILES string of the molecule is CCOC(=O)C(F)(F)C(=O)c1ccncc1F. The van der Waals surface area contributed by atoms with E-state index in [0.717, 1.165) is 12.3 Å². The Morgan fingerprint density at radius 1 is 1.47 bits per heavy atom. The van der Waals surface area contributed by atoms with Gasteiger partial charge in [-0.05, 0) is 13.0 Å². The highest BCUT2D eigenvalue weighted by molar-refractivity contribution is 6.13.